The summed E-state index contributed by atoms with van der Waals surface area (Å²) in [4.78, 5) is 24.8. The number of carbonyl (C=O) groups is 2. The van der Waals surface area contributed by atoms with Crippen LogP contribution in [0.4, 0.5) is 5.69 Å². The normalized spacial score (nSPS) is 13.0. The predicted molar refractivity (Wildman–Crippen MR) is 87.5 cm³/mol. The van der Waals surface area contributed by atoms with Crippen molar-refractivity contribution < 1.29 is 9.59 Å². The highest BCUT2D eigenvalue weighted by Gasteiger charge is 2.27. The molecule has 0 fully saturated rings. The van der Waals surface area contributed by atoms with E-state index < -0.39 is 0 Å². The third-order valence-electron chi connectivity index (χ3n) is 4.27. The van der Waals surface area contributed by atoms with E-state index in [0.717, 1.165) is 39.4 Å². The summed E-state index contributed by atoms with van der Waals surface area (Å²) in [5, 5.41) is 2.07. The summed E-state index contributed by atoms with van der Waals surface area (Å²) in [6, 6.07) is 17.3. The summed E-state index contributed by atoms with van der Waals surface area (Å²) in [7, 11) is 1.80. The first-order valence-corrected chi connectivity index (χ1v) is 7.10. The summed E-state index contributed by atoms with van der Waals surface area (Å²) in [5.74, 6) is 0.0362. The Hall–Kier alpha value is -2.94. The van der Waals surface area contributed by atoms with Crippen LogP contribution >= 0.6 is 0 Å². The van der Waals surface area contributed by atoms with Gasteiger partial charge in [-0.05, 0) is 28.6 Å². The second-order valence-corrected chi connectivity index (χ2v) is 5.46. The molecule has 1 heterocycles. The van der Waals surface area contributed by atoms with Gasteiger partial charge in [0.1, 0.15) is 6.29 Å². The molecule has 0 aliphatic carbocycles. The number of amides is 1. The van der Waals surface area contributed by atoms with Crippen molar-refractivity contribution >= 4 is 28.7 Å². The maximum absolute atomic E-state index is 12.3. The molecule has 0 aromatic heterocycles. The molecule has 4 rings (SSSR count). The predicted octanol–water partition coefficient (Wildman–Crippen LogP) is 3.91. The van der Waals surface area contributed by atoms with Crippen LogP contribution in [0.3, 0.4) is 0 Å². The van der Waals surface area contributed by atoms with E-state index in [1.807, 2.05) is 54.6 Å². The fourth-order valence-corrected chi connectivity index (χ4v) is 3.13. The number of rotatable bonds is 2. The molecule has 3 aromatic rings. The van der Waals surface area contributed by atoms with Gasteiger partial charge in [0.05, 0.1) is 5.69 Å². The van der Waals surface area contributed by atoms with Crippen LogP contribution in [-0.2, 0) is 0 Å². The van der Waals surface area contributed by atoms with Gasteiger partial charge in [-0.2, -0.15) is 0 Å². The van der Waals surface area contributed by atoms with Crippen LogP contribution in [0.2, 0.25) is 0 Å². The van der Waals surface area contributed by atoms with Crippen LogP contribution in [0.5, 0.6) is 0 Å². The van der Waals surface area contributed by atoms with Gasteiger partial charge in [0, 0.05) is 23.6 Å². The molecule has 1 aliphatic heterocycles. The van der Waals surface area contributed by atoms with Crippen LogP contribution in [0.15, 0.2) is 54.6 Å². The number of benzene rings is 3. The van der Waals surface area contributed by atoms with Gasteiger partial charge in [-0.25, -0.2) is 0 Å². The molecule has 1 amide bonds. The van der Waals surface area contributed by atoms with Crippen molar-refractivity contribution in [2.45, 2.75) is 0 Å². The molecule has 0 spiro atoms. The Morgan fingerprint density at radius 1 is 0.909 bits per heavy atom. The highest BCUT2D eigenvalue weighted by molar-refractivity contribution is 6.26. The number of hydrogen-bond donors (Lipinski definition) is 0. The first-order chi connectivity index (χ1) is 10.7. The van der Waals surface area contributed by atoms with E-state index in [1.54, 1.807) is 11.9 Å². The molecular formula is C19H13NO2. The molecule has 3 aromatic carbocycles. The van der Waals surface area contributed by atoms with Crippen LogP contribution < -0.4 is 4.90 Å². The number of hydrogen-bond acceptors (Lipinski definition) is 2. The third kappa shape index (κ3) is 1.62. The van der Waals surface area contributed by atoms with Crippen LogP contribution in [-0.4, -0.2) is 19.2 Å². The Morgan fingerprint density at radius 2 is 1.68 bits per heavy atom. The smallest absolute Gasteiger partial charge is 0.258 e. The van der Waals surface area contributed by atoms with Gasteiger partial charge in [0.25, 0.3) is 5.91 Å². The topological polar surface area (TPSA) is 37.4 Å². The Morgan fingerprint density at radius 3 is 2.41 bits per heavy atom. The van der Waals surface area contributed by atoms with Crippen molar-refractivity contribution in [3.63, 3.8) is 0 Å². The molecular weight excluding hydrogens is 274 g/mol. The minimum absolute atomic E-state index is 0.0362. The average Bonchev–Trinajstić information content (AvgIpc) is 2.82. The Balaban J connectivity index is 2.01. The second kappa shape index (κ2) is 4.53. The van der Waals surface area contributed by atoms with Crippen molar-refractivity contribution in [2.24, 2.45) is 0 Å². The van der Waals surface area contributed by atoms with Crippen LogP contribution in [0, 0.1) is 0 Å². The molecule has 0 saturated heterocycles. The van der Waals surface area contributed by atoms with Crippen LogP contribution in [0.1, 0.15) is 20.7 Å². The number of aldehydes is 1. The van der Waals surface area contributed by atoms with Crippen molar-refractivity contribution in [1.82, 2.24) is 0 Å². The molecule has 0 bridgehead atoms. The third-order valence-corrected chi connectivity index (χ3v) is 4.27. The second-order valence-electron chi connectivity index (χ2n) is 5.46. The summed E-state index contributed by atoms with van der Waals surface area (Å²) >= 11 is 0. The van der Waals surface area contributed by atoms with Gasteiger partial charge >= 0.3 is 0 Å². The Labute approximate surface area is 127 Å². The van der Waals surface area contributed by atoms with Gasteiger partial charge in [0.2, 0.25) is 0 Å². The summed E-state index contributed by atoms with van der Waals surface area (Å²) < 4.78 is 0. The highest BCUT2D eigenvalue weighted by Crippen LogP contribution is 2.41. The quantitative estimate of drug-likeness (QED) is 0.670. The lowest BCUT2D eigenvalue weighted by molar-refractivity contribution is 0.0998. The van der Waals surface area contributed by atoms with Gasteiger partial charge < -0.3 is 4.90 Å². The maximum atomic E-state index is 12.3. The van der Waals surface area contributed by atoms with E-state index in [0.29, 0.717) is 5.56 Å². The monoisotopic (exact) mass is 287 g/mol. The fraction of sp³-hybridized carbons (Fsp3) is 0.0526. The van der Waals surface area contributed by atoms with Gasteiger partial charge in [-0.1, -0.05) is 42.5 Å². The molecule has 3 nitrogen and oxygen atoms in total. The molecule has 3 heteroatoms. The lowest BCUT2D eigenvalue weighted by atomic mass is 9.95. The Kier molecular flexibility index (Phi) is 2.63. The average molecular weight is 287 g/mol. The number of nitrogens with zero attached hydrogens (tertiary/aromatic N) is 1. The van der Waals surface area contributed by atoms with Crippen molar-refractivity contribution in [2.75, 3.05) is 11.9 Å². The highest BCUT2D eigenvalue weighted by atomic mass is 16.2. The van der Waals surface area contributed by atoms with Crippen molar-refractivity contribution in [1.29, 1.82) is 0 Å². The Bertz CT molecular complexity index is 926. The van der Waals surface area contributed by atoms with E-state index in [-0.39, 0.29) is 5.91 Å². The molecule has 0 radical (unpaired) electrons. The zero-order valence-electron chi connectivity index (χ0n) is 12.0. The first-order valence-electron chi connectivity index (χ1n) is 7.10. The maximum Gasteiger partial charge on any atom is 0.258 e. The molecule has 0 unspecified atom stereocenters. The molecule has 0 saturated carbocycles. The molecule has 22 heavy (non-hydrogen) atoms. The zero-order chi connectivity index (χ0) is 15.3. The largest absolute Gasteiger partial charge is 0.311 e. The van der Waals surface area contributed by atoms with Crippen LogP contribution in [0.25, 0.3) is 21.9 Å². The SMILES string of the molecule is CN1C(=O)c2cccc3c(-c4ccc(C=O)cc4)ccc1c23. The molecule has 1 aliphatic rings. The minimum Gasteiger partial charge on any atom is -0.311 e. The van der Waals surface area contributed by atoms with E-state index in [9.17, 15) is 9.59 Å². The van der Waals surface area contributed by atoms with Gasteiger partial charge in [-0.3, -0.25) is 9.59 Å². The fourth-order valence-electron chi connectivity index (χ4n) is 3.13. The van der Waals surface area contributed by atoms with E-state index in [4.69, 9.17) is 0 Å². The number of anilines is 1. The standard InChI is InChI=1S/C19H13NO2/c1-20-17-10-9-14(13-7-5-12(11-21)6-8-13)15-3-2-4-16(18(15)17)19(20)22/h2-11H,1H3. The molecule has 0 atom stereocenters. The zero-order valence-corrected chi connectivity index (χ0v) is 12.0. The van der Waals surface area contributed by atoms with E-state index in [1.165, 1.54) is 0 Å². The molecule has 106 valence electrons. The minimum atomic E-state index is 0.0362. The van der Waals surface area contributed by atoms with Gasteiger partial charge in [0.15, 0.2) is 0 Å². The van der Waals surface area contributed by atoms with Gasteiger partial charge in [-0.15, -0.1) is 0 Å². The summed E-state index contributed by atoms with van der Waals surface area (Å²) in [6.07, 6.45) is 0.838. The first kappa shape index (κ1) is 12.8. The number of carbonyl (C=O) groups excluding carboxylic acids is 2. The lowest BCUT2D eigenvalue weighted by Gasteiger charge is -2.12. The summed E-state index contributed by atoms with van der Waals surface area (Å²) in [6.45, 7) is 0. The lowest BCUT2D eigenvalue weighted by Crippen LogP contribution is -2.20. The van der Waals surface area contributed by atoms with E-state index in [2.05, 4.69) is 0 Å². The summed E-state index contributed by atoms with van der Waals surface area (Å²) in [5.41, 5.74) is 4.47. The van der Waals surface area contributed by atoms with Crippen molar-refractivity contribution in [3.05, 3.63) is 65.7 Å². The van der Waals surface area contributed by atoms with E-state index >= 15 is 0 Å². The van der Waals surface area contributed by atoms with Crippen molar-refractivity contribution in [3.8, 4) is 11.1 Å². The molecule has 0 N–H and O–H groups in total.